The van der Waals surface area contributed by atoms with Crippen molar-refractivity contribution >= 4 is 23.1 Å². The van der Waals surface area contributed by atoms with Crippen LogP contribution >= 0.6 is 11.6 Å². The first kappa shape index (κ1) is 11.1. The van der Waals surface area contributed by atoms with Gasteiger partial charge in [0, 0.05) is 6.04 Å². The van der Waals surface area contributed by atoms with E-state index in [4.69, 9.17) is 11.6 Å². The molecule has 1 N–H and O–H groups in total. The highest BCUT2D eigenvalue weighted by Gasteiger charge is 2.35. The van der Waals surface area contributed by atoms with Crippen LogP contribution in [0.2, 0.25) is 5.28 Å². The summed E-state index contributed by atoms with van der Waals surface area (Å²) in [6.07, 6.45) is 0.998. The van der Waals surface area contributed by atoms with Crippen LogP contribution in [0.1, 0.15) is 19.0 Å². The van der Waals surface area contributed by atoms with Gasteiger partial charge in [0.05, 0.1) is 4.92 Å². The van der Waals surface area contributed by atoms with Gasteiger partial charge in [-0.15, -0.1) is 0 Å². The van der Waals surface area contributed by atoms with Crippen molar-refractivity contribution in [2.45, 2.75) is 26.3 Å². The van der Waals surface area contributed by atoms with Crippen molar-refractivity contribution in [3.8, 4) is 0 Å². The Morgan fingerprint density at radius 3 is 2.69 bits per heavy atom. The standard InChI is InChI=1S/C9H11ClN4O2/c1-4-3-6(4)12-8-7(14(15)16)5(2)11-9(10)13-8/h4,6H,3H2,1-2H3,(H,11,12,13). The number of aromatic nitrogens is 2. The average Bonchev–Trinajstić information content (AvgIpc) is 2.78. The summed E-state index contributed by atoms with van der Waals surface area (Å²) in [7, 11) is 0. The summed E-state index contributed by atoms with van der Waals surface area (Å²) in [6, 6.07) is 0.254. The van der Waals surface area contributed by atoms with E-state index in [9.17, 15) is 10.1 Å². The summed E-state index contributed by atoms with van der Waals surface area (Å²) < 4.78 is 0. The molecule has 1 saturated carbocycles. The van der Waals surface area contributed by atoms with Crippen molar-refractivity contribution in [1.29, 1.82) is 0 Å². The fraction of sp³-hybridized carbons (Fsp3) is 0.556. The van der Waals surface area contributed by atoms with Crippen LogP contribution in [0.25, 0.3) is 0 Å². The number of halogens is 1. The zero-order valence-electron chi connectivity index (χ0n) is 8.90. The number of anilines is 1. The van der Waals surface area contributed by atoms with Crippen molar-refractivity contribution < 1.29 is 4.92 Å². The Morgan fingerprint density at radius 2 is 2.19 bits per heavy atom. The first-order chi connectivity index (χ1) is 7.49. The Balaban J connectivity index is 2.36. The van der Waals surface area contributed by atoms with E-state index in [1.165, 1.54) is 0 Å². The molecular formula is C9H11ClN4O2. The molecular weight excluding hydrogens is 232 g/mol. The van der Waals surface area contributed by atoms with Gasteiger partial charge < -0.3 is 5.32 Å². The van der Waals surface area contributed by atoms with Gasteiger partial charge in [0.1, 0.15) is 5.69 Å². The average molecular weight is 243 g/mol. The molecule has 6 nitrogen and oxygen atoms in total. The molecule has 16 heavy (non-hydrogen) atoms. The molecule has 0 aliphatic heterocycles. The maximum atomic E-state index is 10.9. The Kier molecular flexibility index (Phi) is 2.67. The Hall–Kier alpha value is -1.43. The highest BCUT2D eigenvalue weighted by atomic mass is 35.5. The van der Waals surface area contributed by atoms with E-state index in [0.29, 0.717) is 5.92 Å². The maximum absolute atomic E-state index is 10.9. The predicted octanol–water partition coefficient (Wildman–Crippen LogP) is 2.17. The lowest BCUT2D eigenvalue weighted by Gasteiger charge is -2.06. The SMILES string of the molecule is Cc1nc(Cl)nc(NC2CC2C)c1[N+](=O)[O-]. The van der Waals surface area contributed by atoms with Crippen LogP contribution in [0.3, 0.4) is 0 Å². The molecule has 1 aliphatic carbocycles. The lowest BCUT2D eigenvalue weighted by Crippen LogP contribution is -2.10. The van der Waals surface area contributed by atoms with Gasteiger partial charge in [-0.05, 0) is 30.9 Å². The van der Waals surface area contributed by atoms with E-state index in [-0.39, 0.29) is 28.5 Å². The molecule has 0 bridgehead atoms. The fourth-order valence-electron chi connectivity index (χ4n) is 1.55. The third-order valence-electron chi connectivity index (χ3n) is 2.65. The third kappa shape index (κ3) is 2.06. The Morgan fingerprint density at radius 1 is 1.56 bits per heavy atom. The van der Waals surface area contributed by atoms with Gasteiger partial charge in [-0.3, -0.25) is 10.1 Å². The maximum Gasteiger partial charge on any atom is 0.332 e. The van der Waals surface area contributed by atoms with Gasteiger partial charge in [-0.1, -0.05) is 6.92 Å². The molecule has 1 aromatic heterocycles. The molecule has 0 spiro atoms. The van der Waals surface area contributed by atoms with Crippen molar-refractivity contribution in [3.63, 3.8) is 0 Å². The molecule has 1 aromatic rings. The second kappa shape index (κ2) is 3.86. The summed E-state index contributed by atoms with van der Waals surface area (Å²) in [5.74, 6) is 0.741. The Bertz CT molecular complexity index is 451. The number of nitrogens with one attached hydrogen (secondary N) is 1. The van der Waals surface area contributed by atoms with Gasteiger partial charge in [0.25, 0.3) is 0 Å². The van der Waals surface area contributed by atoms with Gasteiger partial charge >= 0.3 is 5.69 Å². The van der Waals surface area contributed by atoms with E-state index in [0.717, 1.165) is 6.42 Å². The molecule has 1 fully saturated rings. The molecule has 1 aliphatic rings. The highest BCUT2D eigenvalue weighted by Crippen LogP contribution is 2.35. The van der Waals surface area contributed by atoms with Crippen LogP contribution in [-0.2, 0) is 0 Å². The van der Waals surface area contributed by atoms with Crippen LogP contribution < -0.4 is 5.32 Å². The van der Waals surface area contributed by atoms with Crippen LogP contribution in [0.15, 0.2) is 0 Å². The van der Waals surface area contributed by atoms with Crippen LogP contribution in [0.4, 0.5) is 11.5 Å². The van der Waals surface area contributed by atoms with E-state index < -0.39 is 4.92 Å². The second-order valence-electron chi connectivity index (χ2n) is 4.00. The van der Waals surface area contributed by atoms with Crippen molar-refractivity contribution in [2.24, 2.45) is 5.92 Å². The number of nitrogens with zero attached hydrogens (tertiary/aromatic N) is 3. The first-order valence-electron chi connectivity index (χ1n) is 4.94. The molecule has 2 unspecified atom stereocenters. The number of hydrogen-bond donors (Lipinski definition) is 1. The summed E-state index contributed by atoms with van der Waals surface area (Å²) in [6.45, 7) is 3.62. The smallest absolute Gasteiger partial charge is 0.332 e. The number of nitro groups is 1. The number of aryl methyl sites for hydroxylation is 1. The second-order valence-corrected chi connectivity index (χ2v) is 4.33. The molecule has 86 valence electrons. The largest absolute Gasteiger partial charge is 0.361 e. The minimum Gasteiger partial charge on any atom is -0.361 e. The fourth-order valence-corrected chi connectivity index (χ4v) is 1.76. The van der Waals surface area contributed by atoms with Gasteiger partial charge in [0.2, 0.25) is 11.1 Å². The number of hydrogen-bond acceptors (Lipinski definition) is 5. The first-order valence-corrected chi connectivity index (χ1v) is 5.32. The Labute approximate surface area is 97.2 Å². The topological polar surface area (TPSA) is 81.0 Å². The van der Waals surface area contributed by atoms with Gasteiger partial charge in [-0.2, -0.15) is 4.98 Å². The van der Waals surface area contributed by atoms with Crippen LogP contribution in [0, 0.1) is 23.0 Å². The monoisotopic (exact) mass is 242 g/mol. The minimum atomic E-state index is -0.485. The summed E-state index contributed by atoms with van der Waals surface area (Å²) in [5.41, 5.74) is 0.185. The molecule has 2 atom stereocenters. The molecule has 7 heteroatoms. The van der Waals surface area contributed by atoms with E-state index >= 15 is 0 Å². The van der Waals surface area contributed by atoms with Crippen LogP contribution in [-0.4, -0.2) is 20.9 Å². The lowest BCUT2D eigenvalue weighted by atomic mass is 10.3. The molecule has 2 rings (SSSR count). The summed E-state index contributed by atoms with van der Waals surface area (Å²) in [4.78, 5) is 18.0. The summed E-state index contributed by atoms with van der Waals surface area (Å²) in [5, 5.41) is 13.9. The minimum absolute atomic E-state index is 0.0268. The van der Waals surface area contributed by atoms with Gasteiger partial charge in [-0.25, -0.2) is 4.98 Å². The zero-order chi connectivity index (χ0) is 11.9. The summed E-state index contributed by atoms with van der Waals surface area (Å²) >= 11 is 5.68. The normalized spacial score (nSPS) is 22.9. The van der Waals surface area contributed by atoms with Crippen molar-refractivity contribution in [3.05, 3.63) is 21.1 Å². The lowest BCUT2D eigenvalue weighted by molar-refractivity contribution is -0.385. The van der Waals surface area contributed by atoms with Crippen molar-refractivity contribution in [2.75, 3.05) is 5.32 Å². The van der Waals surface area contributed by atoms with Crippen molar-refractivity contribution in [1.82, 2.24) is 9.97 Å². The molecule has 0 radical (unpaired) electrons. The molecule has 1 heterocycles. The highest BCUT2D eigenvalue weighted by molar-refractivity contribution is 6.28. The molecule has 0 saturated heterocycles. The number of rotatable bonds is 3. The van der Waals surface area contributed by atoms with E-state index in [1.54, 1.807) is 6.92 Å². The zero-order valence-corrected chi connectivity index (χ0v) is 9.65. The van der Waals surface area contributed by atoms with E-state index in [1.807, 2.05) is 0 Å². The van der Waals surface area contributed by atoms with E-state index in [2.05, 4.69) is 22.2 Å². The van der Waals surface area contributed by atoms with Gasteiger partial charge in [0.15, 0.2) is 0 Å². The molecule has 0 amide bonds. The third-order valence-corrected chi connectivity index (χ3v) is 2.81. The molecule has 0 aromatic carbocycles. The van der Waals surface area contributed by atoms with Crippen LogP contribution in [0.5, 0.6) is 0 Å². The predicted molar refractivity (Wildman–Crippen MR) is 59.6 cm³/mol. The quantitative estimate of drug-likeness (QED) is 0.499.